The van der Waals surface area contributed by atoms with Gasteiger partial charge in [-0.1, -0.05) is 82.5 Å². The van der Waals surface area contributed by atoms with Gasteiger partial charge in [0, 0.05) is 24.5 Å². The van der Waals surface area contributed by atoms with Crippen molar-refractivity contribution in [1.82, 2.24) is 5.32 Å². The molecular weight excluding hydrogens is 389 g/mol. The zero-order valence-electron chi connectivity index (χ0n) is 23.9. The summed E-state index contributed by atoms with van der Waals surface area (Å²) in [6.45, 7) is 29.7. The molecule has 31 heavy (non-hydrogen) atoms. The van der Waals surface area contributed by atoms with Crippen molar-refractivity contribution in [2.75, 3.05) is 13.7 Å². The van der Waals surface area contributed by atoms with E-state index in [0.29, 0.717) is 0 Å². The monoisotopic (exact) mass is 445 g/mol. The average Bonchev–Trinajstić information content (AvgIpc) is 2.53. The van der Waals surface area contributed by atoms with Crippen LogP contribution < -0.4 is 5.32 Å². The molecule has 0 fully saturated rings. The Kier molecular flexibility index (Phi) is 20.2. The summed E-state index contributed by atoms with van der Waals surface area (Å²) in [5.41, 5.74) is -0.340. The summed E-state index contributed by atoms with van der Waals surface area (Å²) in [7, 11) is 1.71. The smallest absolute Gasteiger partial charge is 0.291 e. The first-order valence-corrected chi connectivity index (χ1v) is 11.5. The normalized spacial score (nSPS) is 11.5. The first-order valence-electron chi connectivity index (χ1n) is 11.5. The Morgan fingerprint density at radius 3 is 1.29 bits per heavy atom. The molecule has 0 spiro atoms. The maximum Gasteiger partial charge on any atom is 0.291 e. The Hall–Kier alpha value is -0.875. The number of ether oxygens (including phenoxy) is 1. The Morgan fingerprint density at radius 2 is 1.16 bits per heavy atom. The van der Waals surface area contributed by atoms with Crippen LogP contribution in [-0.2, 0) is 14.3 Å². The first kappa shape index (κ1) is 37.4. The van der Waals surface area contributed by atoms with Gasteiger partial charge in [-0.2, -0.15) is 0 Å². The molecule has 0 saturated carbocycles. The highest BCUT2D eigenvalue weighted by Gasteiger charge is 2.21. The molecule has 5 nitrogen and oxygen atoms in total. The summed E-state index contributed by atoms with van der Waals surface area (Å²) < 4.78 is 4.94. The lowest BCUT2D eigenvalue weighted by Gasteiger charge is -2.17. The topological polar surface area (TPSA) is 75.6 Å². The molecule has 1 amide bonds. The van der Waals surface area contributed by atoms with Crippen molar-refractivity contribution in [3.05, 3.63) is 0 Å². The molecule has 0 radical (unpaired) electrons. The number of rotatable bonds is 3. The molecule has 0 aliphatic carbocycles. The van der Waals surface area contributed by atoms with E-state index < -0.39 is 0 Å². The van der Waals surface area contributed by atoms with Crippen molar-refractivity contribution in [3.63, 3.8) is 0 Å². The van der Waals surface area contributed by atoms with E-state index in [0.717, 1.165) is 19.4 Å². The Morgan fingerprint density at radius 1 is 0.871 bits per heavy atom. The van der Waals surface area contributed by atoms with Crippen molar-refractivity contribution in [2.45, 2.75) is 128 Å². The van der Waals surface area contributed by atoms with Crippen LogP contribution in [0.25, 0.3) is 0 Å². The first-order chi connectivity index (χ1) is 13.4. The van der Waals surface area contributed by atoms with Gasteiger partial charge in [0.05, 0.1) is 5.60 Å². The molecule has 0 aromatic rings. The second-order valence-corrected chi connectivity index (χ2v) is 12.0. The molecule has 0 aliphatic heterocycles. The lowest BCUT2D eigenvalue weighted by molar-refractivity contribution is -0.128. The van der Waals surface area contributed by atoms with E-state index in [1.165, 1.54) is 0 Å². The van der Waals surface area contributed by atoms with Crippen LogP contribution in [0.2, 0.25) is 12.1 Å². The number of carbonyl (C=O) groups is 2. The minimum Gasteiger partial charge on any atom is -0.450 e. The molecule has 0 saturated heterocycles. The maximum atomic E-state index is 11.2. The number of carbonyl (C=O) groups excluding carboxylic acids is 2. The third-order valence-corrected chi connectivity index (χ3v) is 4.42. The highest BCUT2D eigenvalue weighted by atomic mass is 16.5. The average molecular weight is 446 g/mol. The summed E-state index contributed by atoms with van der Waals surface area (Å²) in [4.78, 5) is 21.7. The second-order valence-electron chi connectivity index (χ2n) is 12.0. The molecule has 0 unspecified atom stereocenters. The molecule has 0 heterocycles. The van der Waals surface area contributed by atoms with Crippen molar-refractivity contribution < 1.29 is 19.3 Å². The highest BCUT2D eigenvalue weighted by molar-refractivity contribution is 6.52. The summed E-state index contributed by atoms with van der Waals surface area (Å²) in [6, 6.07) is 0. The van der Waals surface area contributed by atoms with Gasteiger partial charge in [-0.15, -0.1) is 0 Å². The molecular formula is C25H56BNO4. The summed E-state index contributed by atoms with van der Waals surface area (Å²) >= 11 is 0. The van der Waals surface area contributed by atoms with Crippen LogP contribution in [0.3, 0.4) is 0 Å². The minimum absolute atomic E-state index is 0.0417. The third-order valence-electron chi connectivity index (χ3n) is 4.42. The van der Waals surface area contributed by atoms with Crippen LogP contribution >= 0.6 is 0 Å². The standard InChI is InChI=1S/C9H19NO.C6H12O.C5H13BO.C5H12O/c1-5-6-7-10-8(11)9(2,3)4;1-5(7)6(2,3)4;1-5(2,3)6(4)7;1-5(2,3)6-4/h5-7H2,1-4H3,(H,10,11);1-4H3;7H,1-4H3;1-4H3. The molecule has 2 N–H and O–H groups in total. The summed E-state index contributed by atoms with van der Waals surface area (Å²) in [5, 5.41) is 11.8. The molecule has 0 bridgehead atoms. The Balaban J connectivity index is -0.000000162. The van der Waals surface area contributed by atoms with Gasteiger partial charge in [-0.05, 0) is 39.4 Å². The quantitative estimate of drug-likeness (QED) is 0.389. The number of hydrogen-bond acceptors (Lipinski definition) is 4. The van der Waals surface area contributed by atoms with E-state index in [4.69, 9.17) is 9.76 Å². The van der Waals surface area contributed by atoms with E-state index in [1.807, 2.05) is 83.1 Å². The van der Waals surface area contributed by atoms with Crippen LogP contribution in [0.4, 0.5) is 0 Å². The van der Waals surface area contributed by atoms with Crippen molar-refractivity contribution in [2.24, 2.45) is 10.8 Å². The number of ketones is 1. The van der Waals surface area contributed by atoms with Crippen molar-refractivity contribution in [1.29, 1.82) is 0 Å². The van der Waals surface area contributed by atoms with Gasteiger partial charge in [0.15, 0.2) is 0 Å². The second kappa shape index (κ2) is 16.7. The fraction of sp³-hybridized carbons (Fsp3) is 0.920. The number of amides is 1. The molecule has 0 atom stereocenters. The van der Waals surface area contributed by atoms with E-state index in [1.54, 1.807) is 20.9 Å². The molecule has 0 aromatic carbocycles. The molecule has 0 rings (SSSR count). The fourth-order valence-electron chi connectivity index (χ4n) is 0.644. The fourth-order valence-corrected chi connectivity index (χ4v) is 0.644. The van der Waals surface area contributed by atoms with E-state index >= 15 is 0 Å². The third kappa shape index (κ3) is 33.9. The summed E-state index contributed by atoms with van der Waals surface area (Å²) in [5.74, 6) is 0.387. The number of unbranched alkanes of at least 4 members (excludes halogenated alkanes) is 1. The lowest BCUT2D eigenvalue weighted by atomic mass is 9.50. The van der Waals surface area contributed by atoms with Crippen LogP contribution in [0.15, 0.2) is 0 Å². The number of hydrogen-bond donors (Lipinski definition) is 2. The van der Waals surface area contributed by atoms with Crippen LogP contribution in [0, 0.1) is 10.8 Å². The number of Topliss-reactive ketones (excluding diaryl/α,β-unsaturated/α-hetero) is 1. The van der Waals surface area contributed by atoms with Crippen molar-refractivity contribution in [3.8, 4) is 0 Å². The van der Waals surface area contributed by atoms with E-state index in [9.17, 15) is 9.59 Å². The number of nitrogens with one attached hydrogen (secondary N) is 1. The van der Waals surface area contributed by atoms with E-state index in [2.05, 4.69) is 12.2 Å². The van der Waals surface area contributed by atoms with Gasteiger partial charge in [0.2, 0.25) is 5.91 Å². The van der Waals surface area contributed by atoms with Gasteiger partial charge < -0.3 is 15.1 Å². The predicted molar refractivity (Wildman–Crippen MR) is 138 cm³/mol. The van der Waals surface area contributed by atoms with E-state index in [-0.39, 0.29) is 40.4 Å². The highest BCUT2D eigenvalue weighted by Crippen LogP contribution is 2.24. The predicted octanol–water partition coefficient (Wildman–Crippen LogP) is 6.40. The van der Waals surface area contributed by atoms with Gasteiger partial charge in [0.25, 0.3) is 6.92 Å². The largest absolute Gasteiger partial charge is 0.450 e. The molecule has 188 valence electrons. The summed E-state index contributed by atoms with van der Waals surface area (Å²) in [6.07, 6.45) is 2.20. The minimum atomic E-state index is -0.242. The van der Waals surface area contributed by atoms with Crippen molar-refractivity contribution >= 4 is 18.6 Å². The van der Waals surface area contributed by atoms with Gasteiger partial charge in [-0.3, -0.25) is 9.59 Å². The van der Waals surface area contributed by atoms with Crippen LogP contribution in [-0.4, -0.2) is 42.9 Å². The van der Waals surface area contributed by atoms with Gasteiger partial charge in [-0.25, -0.2) is 0 Å². The van der Waals surface area contributed by atoms with Crippen LogP contribution in [0.5, 0.6) is 0 Å². The molecule has 6 heteroatoms. The Labute approximate surface area is 195 Å². The molecule has 0 aromatic heterocycles. The molecule has 0 aliphatic rings. The zero-order valence-corrected chi connectivity index (χ0v) is 23.9. The maximum absolute atomic E-state index is 11.2. The number of methoxy groups -OCH3 is 1. The van der Waals surface area contributed by atoms with Crippen LogP contribution in [0.1, 0.15) is 110 Å². The lowest BCUT2D eigenvalue weighted by Crippen LogP contribution is -2.35. The van der Waals surface area contributed by atoms with Gasteiger partial charge >= 0.3 is 0 Å². The Bertz CT molecular complexity index is 462. The zero-order chi connectivity index (χ0) is 26.3. The SMILES string of the molecule is CB(O)C(C)(C)C.CC(=O)C(C)(C)C.CCCCNC(=O)C(C)(C)C.COC(C)(C)C. The van der Waals surface area contributed by atoms with Gasteiger partial charge in [0.1, 0.15) is 5.78 Å².